The van der Waals surface area contributed by atoms with E-state index >= 15 is 0 Å². The maximum Gasteiger partial charge on any atom is 0.228 e. The molecule has 0 spiro atoms. The Morgan fingerprint density at radius 1 is 1.31 bits per heavy atom. The molecule has 80 valence electrons. The first-order valence-corrected chi connectivity index (χ1v) is 4.59. The number of halogens is 3. The second-order valence-electron chi connectivity index (χ2n) is 2.92. The van der Waals surface area contributed by atoms with Gasteiger partial charge in [-0.1, -0.05) is 22.8 Å². The second-order valence-corrected chi connectivity index (χ2v) is 3.29. The fraction of sp³-hybridized carbons (Fsp3) is 0. The predicted octanol–water partition coefficient (Wildman–Crippen LogP) is 3.25. The summed E-state index contributed by atoms with van der Waals surface area (Å²) in [5.74, 6) is 0.504. The maximum absolute atomic E-state index is 13.4. The molecule has 0 amide bonds. The van der Waals surface area contributed by atoms with Crippen LogP contribution in [0.5, 0.6) is 0 Å². The van der Waals surface area contributed by atoms with Gasteiger partial charge in [0.1, 0.15) is 22.4 Å². The summed E-state index contributed by atoms with van der Waals surface area (Å²) in [6.07, 6.45) is 5.06. The lowest BCUT2D eigenvalue weighted by atomic mass is 10.1. The smallest absolute Gasteiger partial charge is 0.228 e. The highest BCUT2D eigenvalue weighted by molar-refractivity contribution is 6.34. The van der Waals surface area contributed by atoms with Crippen LogP contribution in [0.1, 0.15) is 5.76 Å². The lowest BCUT2D eigenvalue weighted by Crippen LogP contribution is -1.90. The van der Waals surface area contributed by atoms with Crippen molar-refractivity contribution in [2.45, 2.75) is 0 Å². The molecule has 2 nitrogen and oxygen atoms in total. The normalized spacial score (nSPS) is 10.1. The Hall–Kier alpha value is -1.86. The molecular formula is C11H4ClF2NO. The topological polar surface area (TPSA) is 26.0 Å². The third-order valence-electron chi connectivity index (χ3n) is 1.97. The minimum atomic E-state index is -0.779. The van der Waals surface area contributed by atoms with Crippen LogP contribution >= 0.6 is 11.6 Å². The van der Waals surface area contributed by atoms with Crippen LogP contribution < -0.4 is 0 Å². The zero-order valence-corrected chi connectivity index (χ0v) is 8.55. The number of nitrogens with zero attached hydrogens (tertiary/aromatic N) is 1. The average molecular weight is 240 g/mol. The molecule has 0 unspecified atom stereocenters. The monoisotopic (exact) mass is 239 g/mol. The van der Waals surface area contributed by atoms with Gasteiger partial charge in [0.25, 0.3) is 0 Å². The van der Waals surface area contributed by atoms with E-state index in [1.807, 2.05) is 0 Å². The fourth-order valence-electron chi connectivity index (χ4n) is 1.25. The average Bonchev–Trinajstić information content (AvgIpc) is 2.60. The first-order valence-electron chi connectivity index (χ1n) is 4.21. The van der Waals surface area contributed by atoms with E-state index in [0.717, 1.165) is 12.1 Å². The van der Waals surface area contributed by atoms with Gasteiger partial charge in [-0.25, -0.2) is 8.78 Å². The summed E-state index contributed by atoms with van der Waals surface area (Å²) in [4.78, 5) is 0. The molecule has 2 aromatic rings. The van der Waals surface area contributed by atoms with Crippen LogP contribution in [0.15, 0.2) is 22.7 Å². The molecule has 0 radical (unpaired) electrons. The first kappa shape index (κ1) is 10.7. The van der Waals surface area contributed by atoms with Crippen molar-refractivity contribution in [2.24, 2.45) is 0 Å². The van der Waals surface area contributed by atoms with Gasteiger partial charge >= 0.3 is 0 Å². The van der Waals surface area contributed by atoms with Gasteiger partial charge in [-0.15, -0.1) is 6.42 Å². The van der Waals surface area contributed by atoms with Gasteiger partial charge in [-0.05, 0) is 18.1 Å². The minimum absolute atomic E-state index is 0.0562. The van der Waals surface area contributed by atoms with E-state index in [2.05, 4.69) is 15.6 Å². The zero-order chi connectivity index (χ0) is 11.7. The molecule has 0 aliphatic heterocycles. The summed E-state index contributed by atoms with van der Waals surface area (Å²) in [5, 5.41) is 3.37. The van der Waals surface area contributed by atoms with Gasteiger partial charge in [0, 0.05) is 0 Å². The Bertz CT molecular complexity index is 566. The molecule has 16 heavy (non-hydrogen) atoms. The number of terminal acetylenes is 1. The van der Waals surface area contributed by atoms with Crippen LogP contribution in [0.4, 0.5) is 8.78 Å². The SMILES string of the molecule is C#Cc1onc(-c2c(F)cccc2F)c1Cl. The van der Waals surface area contributed by atoms with Crippen molar-refractivity contribution < 1.29 is 13.3 Å². The maximum atomic E-state index is 13.4. The molecule has 1 aromatic heterocycles. The van der Waals surface area contributed by atoms with Gasteiger partial charge in [-0.3, -0.25) is 0 Å². The minimum Gasteiger partial charge on any atom is -0.345 e. The summed E-state index contributed by atoms with van der Waals surface area (Å²) in [5.41, 5.74) is -0.483. The van der Waals surface area contributed by atoms with E-state index in [1.165, 1.54) is 6.07 Å². The molecule has 0 atom stereocenters. The highest BCUT2D eigenvalue weighted by atomic mass is 35.5. The number of aromatic nitrogens is 1. The Morgan fingerprint density at radius 3 is 2.44 bits per heavy atom. The van der Waals surface area contributed by atoms with Gasteiger partial charge in [-0.2, -0.15) is 0 Å². The summed E-state index contributed by atoms with van der Waals surface area (Å²) in [7, 11) is 0. The Kier molecular flexibility index (Phi) is 2.63. The quantitative estimate of drug-likeness (QED) is 0.714. The van der Waals surface area contributed by atoms with Crippen LogP contribution in [0.25, 0.3) is 11.3 Å². The number of hydrogen-bond acceptors (Lipinski definition) is 2. The van der Waals surface area contributed by atoms with Crippen molar-refractivity contribution >= 4 is 11.6 Å². The van der Waals surface area contributed by atoms with Crippen LogP contribution in [0, 0.1) is 24.0 Å². The molecular weight excluding hydrogens is 236 g/mol. The van der Waals surface area contributed by atoms with Crippen molar-refractivity contribution in [1.82, 2.24) is 5.16 Å². The van der Waals surface area contributed by atoms with E-state index in [4.69, 9.17) is 18.0 Å². The fourth-order valence-corrected chi connectivity index (χ4v) is 1.47. The van der Waals surface area contributed by atoms with Gasteiger partial charge < -0.3 is 4.52 Å². The van der Waals surface area contributed by atoms with Crippen molar-refractivity contribution in [1.29, 1.82) is 0 Å². The van der Waals surface area contributed by atoms with Gasteiger partial charge in [0.05, 0.1) is 5.56 Å². The van der Waals surface area contributed by atoms with Crippen LogP contribution in [0.2, 0.25) is 5.02 Å². The molecule has 0 N–H and O–H groups in total. The van der Waals surface area contributed by atoms with E-state index < -0.39 is 11.6 Å². The Balaban J connectivity index is 2.69. The van der Waals surface area contributed by atoms with Crippen molar-refractivity contribution in [3.05, 3.63) is 40.6 Å². The van der Waals surface area contributed by atoms with Crippen molar-refractivity contribution in [2.75, 3.05) is 0 Å². The molecule has 0 saturated heterocycles. The van der Waals surface area contributed by atoms with E-state index in [0.29, 0.717) is 0 Å². The molecule has 2 rings (SSSR count). The first-order chi connectivity index (χ1) is 7.65. The summed E-state index contributed by atoms with van der Waals surface area (Å²) in [6.45, 7) is 0. The number of benzene rings is 1. The van der Waals surface area contributed by atoms with Crippen molar-refractivity contribution in [3.63, 3.8) is 0 Å². The standard InChI is InChI=1S/C11H4ClF2NO/c1-2-8-10(12)11(15-16-8)9-6(13)4-3-5-7(9)14/h1,3-5H. The summed E-state index contributed by atoms with van der Waals surface area (Å²) < 4.78 is 31.5. The molecule has 0 aliphatic carbocycles. The third kappa shape index (κ3) is 1.55. The predicted molar refractivity (Wildman–Crippen MR) is 54.8 cm³/mol. The number of rotatable bonds is 1. The zero-order valence-electron chi connectivity index (χ0n) is 7.80. The molecule has 1 heterocycles. The third-order valence-corrected chi connectivity index (χ3v) is 2.32. The largest absolute Gasteiger partial charge is 0.345 e. The lowest BCUT2D eigenvalue weighted by molar-refractivity contribution is 0.412. The van der Waals surface area contributed by atoms with Gasteiger partial charge in [0.2, 0.25) is 5.76 Å². The van der Waals surface area contributed by atoms with Crippen LogP contribution in [-0.4, -0.2) is 5.16 Å². The lowest BCUT2D eigenvalue weighted by Gasteiger charge is -2.00. The Morgan fingerprint density at radius 2 is 1.94 bits per heavy atom. The second kappa shape index (κ2) is 3.95. The van der Waals surface area contributed by atoms with E-state index in [9.17, 15) is 8.78 Å². The van der Waals surface area contributed by atoms with E-state index in [1.54, 1.807) is 0 Å². The summed E-state index contributed by atoms with van der Waals surface area (Å²) in [6, 6.07) is 3.43. The molecule has 0 bridgehead atoms. The van der Waals surface area contributed by atoms with Crippen LogP contribution in [-0.2, 0) is 0 Å². The molecule has 0 aliphatic rings. The number of hydrogen-bond donors (Lipinski definition) is 0. The summed E-state index contributed by atoms with van der Waals surface area (Å²) >= 11 is 5.77. The molecule has 0 saturated carbocycles. The molecule has 5 heteroatoms. The van der Waals surface area contributed by atoms with Crippen molar-refractivity contribution in [3.8, 4) is 23.6 Å². The molecule has 0 fully saturated rings. The highest BCUT2D eigenvalue weighted by Crippen LogP contribution is 2.32. The highest BCUT2D eigenvalue weighted by Gasteiger charge is 2.20. The van der Waals surface area contributed by atoms with Gasteiger partial charge in [0.15, 0.2) is 0 Å². The molecule has 1 aromatic carbocycles. The van der Waals surface area contributed by atoms with E-state index in [-0.39, 0.29) is 22.0 Å². The Labute approximate surface area is 94.8 Å². The van der Waals surface area contributed by atoms with Crippen LogP contribution in [0.3, 0.4) is 0 Å².